The third-order valence-corrected chi connectivity index (χ3v) is 2.12. The van der Waals surface area contributed by atoms with Gasteiger partial charge in [0.1, 0.15) is 0 Å². The van der Waals surface area contributed by atoms with Gasteiger partial charge in [-0.25, -0.2) is 4.79 Å². The fourth-order valence-corrected chi connectivity index (χ4v) is 1.15. The molecular formula is C11H11NO4. The predicted molar refractivity (Wildman–Crippen MR) is 54.8 cm³/mol. The lowest BCUT2D eigenvalue weighted by Crippen LogP contribution is -2.29. The third kappa shape index (κ3) is 2.50. The van der Waals surface area contributed by atoms with Crippen LogP contribution in [0.15, 0.2) is 24.5 Å². The average molecular weight is 221 g/mol. The number of esters is 1. The van der Waals surface area contributed by atoms with Gasteiger partial charge in [0.05, 0.1) is 13.0 Å². The quantitative estimate of drug-likeness (QED) is 0.323. The summed E-state index contributed by atoms with van der Waals surface area (Å²) in [6.07, 6.45) is 2.87. The zero-order valence-electron chi connectivity index (χ0n) is 8.97. The summed E-state index contributed by atoms with van der Waals surface area (Å²) in [5.74, 6) is -3.35. The van der Waals surface area contributed by atoms with Crippen LogP contribution in [0.25, 0.3) is 0 Å². The number of hydrogen-bond donors (Lipinski definition) is 0. The molecule has 1 atom stereocenters. The Morgan fingerprint density at radius 3 is 2.56 bits per heavy atom. The minimum absolute atomic E-state index is 0.298. The van der Waals surface area contributed by atoms with Gasteiger partial charge >= 0.3 is 5.97 Å². The molecule has 0 aromatic carbocycles. The summed E-state index contributed by atoms with van der Waals surface area (Å²) < 4.78 is 4.26. The zero-order valence-corrected chi connectivity index (χ0v) is 8.97. The van der Waals surface area contributed by atoms with Crippen LogP contribution in [0.5, 0.6) is 0 Å². The number of aromatic nitrogens is 1. The lowest BCUT2D eigenvalue weighted by atomic mass is 9.96. The minimum atomic E-state index is -1.04. The van der Waals surface area contributed by atoms with E-state index >= 15 is 0 Å². The van der Waals surface area contributed by atoms with Crippen LogP contribution in [-0.2, 0) is 14.3 Å². The van der Waals surface area contributed by atoms with E-state index in [1.54, 1.807) is 6.07 Å². The van der Waals surface area contributed by atoms with E-state index in [9.17, 15) is 14.4 Å². The third-order valence-electron chi connectivity index (χ3n) is 2.12. The second-order valence-electron chi connectivity index (χ2n) is 3.18. The monoisotopic (exact) mass is 221 g/mol. The first-order valence-electron chi connectivity index (χ1n) is 4.64. The first-order valence-corrected chi connectivity index (χ1v) is 4.64. The van der Waals surface area contributed by atoms with Crippen molar-refractivity contribution in [3.05, 3.63) is 30.1 Å². The van der Waals surface area contributed by atoms with Gasteiger partial charge in [0.25, 0.3) is 5.78 Å². The topological polar surface area (TPSA) is 73.3 Å². The van der Waals surface area contributed by atoms with Crippen LogP contribution in [0.4, 0.5) is 0 Å². The molecule has 0 saturated carbocycles. The fourth-order valence-electron chi connectivity index (χ4n) is 1.15. The number of ether oxygens (including phenoxy) is 1. The van der Waals surface area contributed by atoms with Crippen LogP contribution >= 0.6 is 0 Å². The molecule has 1 aromatic rings. The number of hydrogen-bond acceptors (Lipinski definition) is 5. The number of carbonyl (C=O) groups is 3. The average Bonchev–Trinajstić information content (AvgIpc) is 2.36. The molecule has 0 aliphatic carbocycles. The Balaban J connectivity index is 2.83. The standard InChI is InChI=1S/C11H11NO4/c1-7(10(14)11(15)16-2)9(13)8-4-3-5-12-6-8/h3-7H,1-2H3. The Kier molecular flexibility index (Phi) is 3.88. The minimum Gasteiger partial charge on any atom is -0.463 e. The maximum absolute atomic E-state index is 11.7. The molecule has 1 aromatic heterocycles. The molecule has 0 N–H and O–H groups in total. The summed E-state index contributed by atoms with van der Waals surface area (Å²) in [5.41, 5.74) is 0.298. The van der Waals surface area contributed by atoms with E-state index in [-0.39, 0.29) is 0 Å². The Bertz CT molecular complexity index is 413. The molecular weight excluding hydrogens is 210 g/mol. The van der Waals surface area contributed by atoms with Crippen LogP contribution in [0.3, 0.4) is 0 Å². The first-order chi connectivity index (χ1) is 7.57. The highest BCUT2D eigenvalue weighted by Gasteiger charge is 2.28. The molecule has 0 saturated heterocycles. The second-order valence-corrected chi connectivity index (χ2v) is 3.18. The number of methoxy groups -OCH3 is 1. The van der Waals surface area contributed by atoms with Gasteiger partial charge in [0.15, 0.2) is 5.78 Å². The van der Waals surface area contributed by atoms with Crippen LogP contribution in [0.2, 0.25) is 0 Å². The van der Waals surface area contributed by atoms with Gasteiger partial charge in [-0.3, -0.25) is 14.6 Å². The largest absolute Gasteiger partial charge is 0.463 e. The van der Waals surface area contributed by atoms with Gasteiger partial charge in [-0.2, -0.15) is 0 Å². The van der Waals surface area contributed by atoms with Gasteiger partial charge in [-0.15, -0.1) is 0 Å². The van der Waals surface area contributed by atoms with E-state index in [1.165, 1.54) is 25.4 Å². The summed E-state index contributed by atoms with van der Waals surface area (Å²) in [6, 6.07) is 3.12. The highest BCUT2D eigenvalue weighted by molar-refractivity contribution is 6.39. The normalized spacial score (nSPS) is 11.6. The first kappa shape index (κ1) is 12.0. The van der Waals surface area contributed by atoms with Gasteiger partial charge in [0, 0.05) is 18.0 Å². The molecule has 0 amide bonds. The second kappa shape index (κ2) is 5.16. The molecule has 0 bridgehead atoms. The number of ketones is 2. The van der Waals surface area contributed by atoms with Gasteiger partial charge in [-0.05, 0) is 19.1 Å². The molecule has 0 fully saturated rings. The molecule has 1 rings (SSSR count). The molecule has 1 unspecified atom stereocenters. The van der Waals surface area contributed by atoms with Crippen molar-refractivity contribution in [3.63, 3.8) is 0 Å². The van der Waals surface area contributed by atoms with Crippen molar-refractivity contribution in [1.82, 2.24) is 4.98 Å². The molecule has 0 spiro atoms. The van der Waals surface area contributed by atoms with Crippen molar-refractivity contribution in [2.45, 2.75) is 6.92 Å². The van der Waals surface area contributed by atoms with Crippen molar-refractivity contribution in [2.75, 3.05) is 7.11 Å². The van der Waals surface area contributed by atoms with Crippen molar-refractivity contribution in [2.24, 2.45) is 5.92 Å². The van der Waals surface area contributed by atoms with Crippen molar-refractivity contribution in [1.29, 1.82) is 0 Å². The molecule has 0 radical (unpaired) electrons. The lowest BCUT2D eigenvalue weighted by molar-refractivity contribution is -0.152. The van der Waals surface area contributed by atoms with E-state index in [2.05, 4.69) is 9.72 Å². The van der Waals surface area contributed by atoms with Crippen molar-refractivity contribution in [3.8, 4) is 0 Å². The molecule has 5 heteroatoms. The lowest BCUT2D eigenvalue weighted by Gasteiger charge is -2.07. The summed E-state index contributed by atoms with van der Waals surface area (Å²) in [4.78, 5) is 37.8. The van der Waals surface area contributed by atoms with Crippen molar-refractivity contribution >= 4 is 17.5 Å². The van der Waals surface area contributed by atoms with Crippen molar-refractivity contribution < 1.29 is 19.1 Å². The van der Waals surface area contributed by atoms with Crippen LogP contribution < -0.4 is 0 Å². The zero-order chi connectivity index (χ0) is 12.1. The number of Topliss-reactive ketones (excluding diaryl/α,β-unsaturated/α-hetero) is 2. The van der Waals surface area contributed by atoms with Gasteiger partial charge < -0.3 is 4.74 Å². The number of carbonyl (C=O) groups excluding carboxylic acids is 3. The van der Waals surface area contributed by atoms with E-state index in [0.717, 1.165) is 7.11 Å². The molecule has 16 heavy (non-hydrogen) atoms. The molecule has 0 aliphatic rings. The molecule has 1 heterocycles. The maximum atomic E-state index is 11.7. The Labute approximate surface area is 92.4 Å². The fraction of sp³-hybridized carbons (Fsp3) is 0.273. The number of nitrogens with zero attached hydrogens (tertiary/aromatic N) is 1. The van der Waals surface area contributed by atoms with Crippen LogP contribution in [0.1, 0.15) is 17.3 Å². The Morgan fingerprint density at radius 1 is 1.38 bits per heavy atom. The molecule has 84 valence electrons. The highest BCUT2D eigenvalue weighted by Crippen LogP contribution is 2.09. The van der Waals surface area contributed by atoms with Gasteiger partial charge in [-0.1, -0.05) is 0 Å². The molecule has 5 nitrogen and oxygen atoms in total. The number of rotatable bonds is 4. The summed E-state index contributed by atoms with van der Waals surface area (Å²) >= 11 is 0. The molecule has 0 aliphatic heterocycles. The van der Waals surface area contributed by atoms with Crippen LogP contribution in [-0.4, -0.2) is 29.6 Å². The SMILES string of the molecule is COC(=O)C(=O)C(C)C(=O)c1cccnc1. The smallest absolute Gasteiger partial charge is 0.375 e. The summed E-state index contributed by atoms with van der Waals surface area (Å²) in [6.45, 7) is 1.37. The van der Waals surface area contributed by atoms with Gasteiger partial charge in [0.2, 0.25) is 0 Å². The Morgan fingerprint density at radius 2 is 2.06 bits per heavy atom. The van der Waals surface area contributed by atoms with E-state index in [1.807, 2.05) is 0 Å². The predicted octanol–water partition coefficient (Wildman–Crippen LogP) is 0.642. The summed E-state index contributed by atoms with van der Waals surface area (Å²) in [5, 5.41) is 0. The maximum Gasteiger partial charge on any atom is 0.375 e. The van der Waals surface area contributed by atoms with E-state index in [4.69, 9.17) is 0 Å². The highest BCUT2D eigenvalue weighted by atomic mass is 16.5. The van der Waals surface area contributed by atoms with E-state index in [0.29, 0.717) is 5.56 Å². The van der Waals surface area contributed by atoms with Crippen LogP contribution in [0, 0.1) is 5.92 Å². The summed E-state index contributed by atoms with van der Waals surface area (Å²) in [7, 11) is 1.10. The van der Waals surface area contributed by atoms with E-state index < -0.39 is 23.5 Å². The number of pyridine rings is 1. The Hall–Kier alpha value is -2.04.